The molecule has 9 nitrogen and oxygen atoms in total. The van der Waals surface area contributed by atoms with Gasteiger partial charge in [0, 0.05) is 16.8 Å². The van der Waals surface area contributed by atoms with Crippen molar-refractivity contribution >= 4 is 17.6 Å². The van der Waals surface area contributed by atoms with Crippen LogP contribution >= 0.6 is 11.6 Å². The fourth-order valence-electron chi connectivity index (χ4n) is 2.81. The van der Waals surface area contributed by atoms with Gasteiger partial charge in [-0.2, -0.15) is 10.1 Å². The molecule has 4 aromatic rings. The summed E-state index contributed by atoms with van der Waals surface area (Å²) in [6.07, 6.45) is 0. The molecule has 0 N–H and O–H groups in total. The average molecular weight is 471 g/mol. The molecule has 0 aliphatic carbocycles. The number of nitrogens with zero attached hydrogens (tertiary/aromatic N) is 4. The van der Waals surface area contributed by atoms with Gasteiger partial charge in [-0.1, -0.05) is 16.8 Å². The molecule has 0 fully saturated rings. The van der Waals surface area contributed by atoms with Crippen molar-refractivity contribution in [3.63, 3.8) is 0 Å². The largest absolute Gasteiger partial charge is 0.485 e. The van der Waals surface area contributed by atoms with E-state index in [2.05, 4.69) is 15.2 Å². The molecule has 4 rings (SSSR count). The number of rotatable bonds is 7. The number of halogens is 2. The van der Waals surface area contributed by atoms with E-state index in [-0.39, 0.29) is 30.7 Å². The van der Waals surface area contributed by atoms with Crippen molar-refractivity contribution in [2.45, 2.75) is 20.1 Å². The normalized spacial score (nSPS) is 10.8. The Labute approximate surface area is 191 Å². The van der Waals surface area contributed by atoms with Crippen LogP contribution in [-0.2, 0) is 18.0 Å². The summed E-state index contributed by atoms with van der Waals surface area (Å²) in [4.78, 5) is 28.8. The van der Waals surface area contributed by atoms with Crippen molar-refractivity contribution in [1.29, 1.82) is 0 Å². The SMILES string of the molecule is Cc1cc(=O)c(C(=O)OCc2nc(COc3ccc(F)cc3)no2)nn1-c1ccc(Cl)cc1. The van der Waals surface area contributed by atoms with E-state index < -0.39 is 17.1 Å². The molecular formula is C22H16ClFN4O5. The van der Waals surface area contributed by atoms with E-state index in [1.807, 2.05) is 0 Å². The number of esters is 1. The Hall–Kier alpha value is -4.05. The van der Waals surface area contributed by atoms with Crippen LogP contribution in [-0.4, -0.2) is 25.9 Å². The predicted molar refractivity (Wildman–Crippen MR) is 114 cm³/mol. The standard InChI is InChI=1S/C22H16ClFN4O5/c1-13-10-18(29)21(26-28(13)16-6-2-14(23)3-7-16)22(30)32-12-20-25-19(27-33-20)11-31-17-8-4-15(24)5-9-17/h2-10H,11-12H2,1H3. The summed E-state index contributed by atoms with van der Waals surface area (Å²) in [5.74, 6) is -0.689. The van der Waals surface area contributed by atoms with E-state index in [0.29, 0.717) is 22.2 Å². The molecule has 0 amide bonds. The topological polar surface area (TPSA) is 109 Å². The van der Waals surface area contributed by atoms with Gasteiger partial charge in [0.2, 0.25) is 16.9 Å². The summed E-state index contributed by atoms with van der Waals surface area (Å²) in [6.45, 7) is 1.29. The first-order valence-electron chi connectivity index (χ1n) is 9.63. The average Bonchev–Trinajstić information content (AvgIpc) is 3.26. The zero-order chi connectivity index (χ0) is 23.4. The van der Waals surface area contributed by atoms with Crippen LogP contribution in [0.3, 0.4) is 0 Å². The van der Waals surface area contributed by atoms with Gasteiger partial charge in [-0.25, -0.2) is 13.9 Å². The quantitative estimate of drug-likeness (QED) is 0.376. The van der Waals surface area contributed by atoms with Crippen molar-refractivity contribution in [3.8, 4) is 11.4 Å². The van der Waals surface area contributed by atoms with Crippen LogP contribution in [0.15, 0.2) is 63.9 Å². The summed E-state index contributed by atoms with van der Waals surface area (Å²) in [7, 11) is 0. The minimum absolute atomic E-state index is 0.00574. The molecule has 0 saturated heterocycles. The van der Waals surface area contributed by atoms with Gasteiger partial charge >= 0.3 is 5.97 Å². The second-order valence-corrected chi connectivity index (χ2v) is 7.25. The first-order valence-corrected chi connectivity index (χ1v) is 10.0. The lowest BCUT2D eigenvalue weighted by atomic mass is 10.3. The van der Waals surface area contributed by atoms with Crippen LogP contribution in [0.4, 0.5) is 4.39 Å². The van der Waals surface area contributed by atoms with Gasteiger partial charge in [-0.05, 0) is 55.5 Å². The Morgan fingerprint density at radius 2 is 1.85 bits per heavy atom. The fourth-order valence-corrected chi connectivity index (χ4v) is 2.94. The molecule has 11 heteroatoms. The second-order valence-electron chi connectivity index (χ2n) is 6.81. The molecular weight excluding hydrogens is 455 g/mol. The Kier molecular flexibility index (Phi) is 6.45. The van der Waals surface area contributed by atoms with Crippen molar-refractivity contribution in [3.05, 3.63) is 98.8 Å². The Morgan fingerprint density at radius 3 is 2.58 bits per heavy atom. The van der Waals surface area contributed by atoms with Crippen LogP contribution in [0.2, 0.25) is 5.02 Å². The van der Waals surface area contributed by atoms with Gasteiger partial charge in [0.1, 0.15) is 11.6 Å². The maximum Gasteiger partial charge on any atom is 0.363 e. The lowest BCUT2D eigenvalue weighted by molar-refractivity contribution is 0.0419. The predicted octanol–water partition coefficient (Wildman–Crippen LogP) is 3.65. The second kappa shape index (κ2) is 9.61. The molecule has 2 aromatic carbocycles. The van der Waals surface area contributed by atoms with Gasteiger partial charge in [0.05, 0.1) is 5.69 Å². The van der Waals surface area contributed by atoms with Crippen molar-refractivity contribution < 1.29 is 23.2 Å². The third-order valence-corrected chi connectivity index (χ3v) is 4.64. The lowest BCUT2D eigenvalue weighted by Gasteiger charge is -2.10. The number of benzene rings is 2. The number of ether oxygens (including phenoxy) is 2. The molecule has 0 radical (unpaired) electrons. The molecule has 168 valence electrons. The van der Waals surface area contributed by atoms with E-state index in [0.717, 1.165) is 0 Å². The summed E-state index contributed by atoms with van der Waals surface area (Å²) in [5, 5.41) is 8.39. The maximum absolute atomic E-state index is 12.9. The third kappa shape index (κ3) is 5.42. The van der Waals surface area contributed by atoms with Gasteiger partial charge in [-0.3, -0.25) is 4.79 Å². The summed E-state index contributed by atoms with van der Waals surface area (Å²) >= 11 is 5.91. The highest BCUT2D eigenvalue weighted by molar-refractivity contribution is 6.30. The Balaban J connectivity index is 1.41. The summed E-state index contributed by atoms with van der Waals surface area (Å²) in [6, 6.07) is 13.5. The van der Waals surface area contributed by atoms with Gasteiger partial charge < -0.3 is 14.0 Å². The first kappa shape index (κ1) is 22.2. The monoisotopic (exact) mass is 470 g/mol. The molecule has 2 aromatic heterocycles. The van der Waals surface area contributed by atoms with E-state index in [9.17, 15) is 14.0 Å². The maximum atomic E-state index is 12.9. The molecule has 0 atom stereocenters. The molecule has 0 aliphatic rings. The molecule has 0 spiro atoms. The number of carbonyl (C=O) groups is 1. The van der Waals surface area contributed by atoms with Crippen LogP contribution < -0.4 is 10.2 Å². The summed E-state index contributed by atoms with van der Waals surface area (Å²) < 4.78 is 29.9. The van der Waals surface area contributed by atoms with Crippen LogP contribution in [0.5, 0.6) is 5.75 Å². The van der Waals surface area contributed by atoms with E-state index in [1.54, 1.807) is 31.2 Å². The van der Waals surface area contributed by atoms with E-state index in [4.69, 9.17) is 25.6 Å². The third-order valence-electron chi connectivity index (χ3n) is 4.39. The van der Waals surface area contributed by atoms with Crippen molar-refractivity contribution in [2.24, 2.45) is 0 Å². The molecule has 2 heterocycles. The molecule has 0 unspecified atom stereocenters. The van der Waals surface area contributed by atoms with Crippen LogP contribution in [0.1, 0.15) is 27.9 Å². The first-order chi connectivity index (χ1) is 15.9. The minimum atomic E-state index is -0.940. The zero-order valence-corrected chi connectivity index (χ0v) is 18.0. The Bertz CT molecular complexity index is 1340. The highest BCUT2D eigenvalue weighted by Gasteiger charge is 2.18. The molecule has 0 saturated carbocycles. The van der Waals surface area contributed by atoms with E-state index >= 15 is 0 Å². The zero-order valence-electron chi connectivity index (χ0n) is 17.2. The molecule has 0 aliphatic heterocycles. The van der Waals surface area contributed by atoms with Gasteiger partial charge in [0.15, 0.2) is 13.2 Å². The number of aromatic nitrogens is 4. The van der Waals surface area contributed by atoms with Crippen LogP contribution in [0.25, 0.3) is 5.69 Å². The smallest absolute Gasteiger partial charge is 0.363 e. The Morgan fingerprint density at radius 1 is 1.12 bits per heavy atom. The number of aryl methyl sites for hydroxylation is 1. The van der Waals surface area contributed by atoms with E-state index in [1.165, 1.54) is 35.0 Å². The lowest BCUT2D eigenvalue weighted by Crippen LogP contribution is -2.24. The molecule has 0 bridgehead atoms. The highest BCUT2D eigenvalue weighted by atomic mass is 35.5. The number of hydrogen-bond acceptors (Lipinski definition) is 8. The fraction of sp³-hybridized carbons (Fsp3) is 0.136. The molecule has 33 heavy (non-hydrogen) atoms. The van der Waals surface area contributed by atoms with Crippen molar-refractivity contribution in [2.75, 3.05) is 0 Å². The van der Waals surface area contributed by atoms with Crippen LogP contribution in [0, 0.1) is 12.7 Å². The minimum Gasteiger partial charge on any atom is -0.485 e. The van der Waals surface area contributed by atoms with Gasteiger partial charge in [0.25, 0.3) is 5.89 Å². The summed E-state index contributed by atoms with van der Waals surface area (Å²) in [5.41, 5.74) is 0.173. The van der Waals surface area contributed by atoms with Gasteiger partial charge in [-0.15, -0.1) is 0 Å². The number of carbonyl (C=O) groups excluding carboxylic acids is 1. The van der Waals surface area contributed by atoms with Crippen molar-refractivity contribution in [1.82, 2.24) is 19.9 Å². The number of hydrogen-bond donors (Lipinski definition) is 0. The highest BCUT2D eigenvalue weighted by Crippen LogP contribution is 2.15.